The van der Waals surface area contributed by atoms with Gasteiger partial charge >= 0.3 is 0 Å². The lowest BCUT2D eigenvalue weighted by Gasteiger charge is -2.10. The highest BCUT2D eigenvalue weighted by Crippen LogP contribution is 2.22. The number of benzene rings is 2. The molecule has 0 saturated carbocycles. The minimum atomic E-state index is 0.379. The van der Waals surface area contributed by atoms with E-state index in [4.69, 9.17) is 23.8 Å². The number of hydrazone groups is 1. The van der Waals surface area contributed by atoms with Crippen molar-refractivity contribution in [3.05, 3.63) is 82.6 Å². The van der Waals surface area contributed by atoms with E-state index >= 15 is 0 Å². The molecule has 28 heavy (non-hydrogen) atoms. The Morgan fingerprint density at radius 1 is 1.21 bits per heavy atom. The van der Waals surface area contributed by atoms with Crippen LogP contribution in [0.2, 0.25) is 5.02 Å². The Morgan fingerprint density at radius 3 is 2.86 bits per heavy atom. The molecule has 6 nitrogen and oxygen atoms in total. The summed E-state index contributed by atoms with van der Waals surface area (Å²) in [7, 11) is 0. The SMILES string of the molecule is Cc1c(Cl)cccc1NC(=S)N/N=C/C=C/c1cn(Cc2ccccc2)nn1. The number of aromatic nitrogens is 3. The van der Waals surface area contributed by atoms with Crippen LogP contribution in [0.15, 0.2) is 65.9 Å². The molecule has 0 aliphatic carbocycles. The number of thiocarbonyl (C=S) groups is 1. The minimum Gasteiger partial charge on any atom is -0.331 e. The van der Waals surface area contributed by atoms with E-state index in [0.717, 1.165) is 16.9 Å². The van der Waals surface area contributed by atoms with Crippen molar-refractivity contribution in [3.63, 3.8) is 0 Å². The molecule has 0 bridgehead atoms. The molecule has 0 amide bonds. The summed E-state index contributed by atoms with van der Waals surface area (Å²) in [4.78, 5) is 0. The van der Waals surface area contributed by atoms with E-state index in [9.17, 15) is 0 Å². The van der Waals surface area contributed by atoms with Gasteiger partial charge in [-0.1, -0.05) is 53.2 Å². The van der Waals surface area contributed by atoms with Gasteiger partial charge in [-0.3, -0.25) is 5.43 Å². The molecule has 2 aromatic carbocycles. The van der Waals surface area contributed by atoms with Crippen LogP contribution in [0.4, 0.5) is 5.69 Å². The van der Waals surface area contributed by atoms with Crippen LogP contribution in [0.1, 0.15) is 16.8 Å². The molecule has 0 radical (unpaired) electrons. The second kappa shape index (κ2) is 9.77. The molecule has 0 fully saturated rings. The molecule has 8 heteroatoms. The molecule has 0 aliphatic heterocycles. The Bertz CT molecular complexity index is 997. The van der Waals surface area contributed by atoms with Gasteiger partial charge in [0, 0.05) is 16.9 Å². The zero-order chi connectivity index (χ0) is 19.8. The number of hydrogen-bond acceptors (Lipinski definition) is 4. The highest BCUT2D eigenvalue weighted by Gasteiger charge is 2.03. The van der Waals surface area contributed by atoms with Gasteiger partial charge in [0.05, 0.1) is 12.7 Å². The first-order valence-electron chi connectivity index (χ1n) is 8.58. The smallest absolute Gasteiger partial charge is 0.191 e. The summed E-state index contributed by atoms with van der Waals surface area (Å²) >= 11 is 11.3. The van der Waals surface area contributed by atoms with Gasteiger partial charge in [-0.2, -0.15) is 5.10 Å². The number of allylic oxidation sites excluding steroid dienone is 1. The van der Waals surface area contributed by atoms with Crippen molar-refractivity contribution in [3.8, 4) is 0 Å². The van der Waals surface area contributed by atoms with Gasteiger partial charge in [-0.05, 0) is 54.6 Å². The van der Waals surface area contributed by atoms with Crippen LogP contribution in [0.25, 0.3) is 6.08 Å². The third-order valence-corrected chi connectivity index (χ3v) is 4.46. The quantitative estimate of drug-likeness (QED) is 0.361. The fourth-order valence-corrected chi connectivity index (χ4v) is 2.75. The maximum atomic E-state index is 6.09. The van der Waals surface area contributed by atoms with Gasteiger partial charge in [0.15, 0.2) is 5.11 Å². The highest BCUT2D eigenvalue weighted by atomic mass is 35.5. The summed E-state index contributed by atoms with van der Waals surface area (Å²) in [5.41, 5.74) is 6.44. The molecule has 0 unspecified atom stereocenters. The normalized spacial score (nSPS) is 11.2. The lowest BCUT2D eigenvalue weighted by atomic mass is 10.2. The fraction of sp³-hybridized carbons (Fsp3) is 0.100. The van der Waals surface area contributed by atoms with Crippen molar-refractivity contribution < 1.29 is 0 Å². The molecule has 0 saturated heterocycles. The molecule has 2 N–H and O–H groups in total. The zero-order valence-corrected chi connectivity index (χ0v) is 16.8. The van der Waals surface area contributed by atoms with Gasteiger partial charge in [0.2, 0.25) is 0 Å². The summed E-state index contributed by atoms with van der Waals surface area (Å²) in [6.07, 6.45) is 7.04. The van der Waals surface area contributed by atoms with Crippen molar-refractivity contribution >= 4 is 46.9 Å². The van der Waals surface area contributed by atoms with Crippen LogP contribution >= 0.6 is 23.8 Å². The third kappa shape index (κ3) is 5.73. The number of hydrogen-bond donors (Lipinski definition) is 2. The van der Waals surface area contributed by atoms with Crippen LogP contribution < -0.4 is 10.7 Å². The van der Waals surface area contributed by atoms with E-state index in [-0.39, 0.29) is 0 Å². The standard InChI is InChI=1S/C20H19ClN6S/c1-15-18(21)10-5-11-19(15)23-20(28)25-22-12-6-9-17-14-27(26-24-17)13-16-7-3-2-4-8-16/h2-12,14H,13H2,1H3,(H2,23,25,28)/b9-6+,22-12+. The van der Waals surface area contributed by atoms with E-state index in [1.54, 1.807) is 17.0 Å². The molecule has 1 aromatic heterocycles. The van der Waals surface area contributed by atoms with Gasteiger partial charge < -0.3 is 5.32 Å². The van der Waals surface area contributed by atoms with Gasteiger partial charge in [0.1, 0.15) is 5.69 Å². The van der Waals surface area contributed by atoms with Crippen molar-refractivity contribution in [1.29, 1.82) is 0 Å². The van der Waals surface area contributed by atoms with Gasteiger partial charge in [0.25, 0.3) is 0 Å². The Labute approximate surface area is 173 Å². The number of halogens is 1. The second-order valence-corrected chi connectivity index (χ2v) is 6.76. The van der Waals surface area contributed by atoms with E-state index in [0.29, 0.717) is 16.7 Å². The summed E-state index contributed by atoms with van der Waals surface area (Å²) in [5.74, 6) is 0. The number of nitrogens with one attached hydrogen (secondary N) is 2. The monoisotopic (exact) mass is 410 g/mol. The van der Waals surface area contributed by atoms with Crippen molar-refractivity contribution in [1.82, 2.24) is 20.4 Å². The van der Waals surface area contributed by atoms with E-state index in [2.05, 4.69) is 38.3 Å². The number of nitrogens with zero attached hydrogens (tertiary/aromatic N) is 4. The Balaban J connectivity index is 1.47. The third-order valence-electron chi connectivity index (χ3n) is 3.85. The molecular weight excluding hydrogens is 392 g/mol. The summed E-state index contributed by atoms with van der Waals surface area (Å²) < 4.78 is 1.79. The molecule has 3 rings (SSSR count). The van der Waals surface area contributed by atoms with Crippen LogP contribution in [-0.4, -0.2) is 26.3 Å². The summed E-state index contributed by atoms with van der Waals surface area (Å²) in [6, 6.07) is 15.7. The first-order valence-corrected chi connectivity index (χ1v) is 9.36. The maximum Gasteiger partial charge on any atom is 0.191 e. The van der Waals surface area contributed by atoms with E-state index < -0.39 is 0 Å². The number of anilines is 1. The highest BCUT2D eigenvalue weighted by molar-refractivity contribution is 7.80. The van der Waals surface area contributed by atoms with Crippen molar-refractivity contribution in [2.24, 2.45) is 5.10 Å². The molecule has 0 spiro atoms. The van der Waals surface area contributed by atoms with Crippen LogP contribution in [0, 0.1) is 6.92 Å². The van der Waals surface area contributed by atoms with Crippen molar-refractivity contribution in [2.45, 2.75) is 13.5 Å². The molecule has 142 valence electrons. The average Bonchev–Trinajstić information content (AvgIpc) is 3.13. The maximum absolute atomic E-state index is 6.09. The van der Waals surface area contributed by atoms with Gasteiger partial charge in [-0.15, -0.1) is 5.10 Å². The summed E-state index contributed by atoms with van der Waals surface area (Å²) in [6.45, 7) is 2.60. The Hall–Kier alpha value is -3.03. The second-order valence-electron chi connectivity index (χ2n) is 5.94. The first kappa shape index (κ1) is 19.7. The zero-order valence-electron chi connectivity index (χ0n) is 15.2. The number of rotatable bonds is 6. The van der Waals surface area contributed by atoms with E-state index in [1.807, 2.05) is 55.6 Å². The molecule has 1 heterocycles. The summed E-state index contributed by atoms with van der Waals surface area (Å²) in [5, 5.41) is 16.4. The predicted octanol–water partition coefficient (Wildman–Crippen LogP) is 4.27. The van der Waals surface area contributed by atoms with Crippen LogP contribution in [-0.2, 0) is 6.54 Å². The predicted molar refractivity (Wildman–Crippen MR) is 119 cm³/mol. The van der Waals surface area contributed by atoms with E-state index in [1.165, 1.54) is 5.56 Å². The topological polar surface area (TPSA) is 67.1 Å². The largest absolute Gasteiger partial charge is 0.331 e. The lowest BCUT2D eigenvalue weighted by Crippen LogP contribution is -2.24. The minimum absolute atomic E-state index is 0.379. The van der Waals surface area contributed by atoms with Crippen LogP contribution in [0.5, 0.6) is 0 Å². The Kier molecular flexibility index (Phi) is 6.89. The lowest BCUT2D eigenvalue weighted by molar-refractivity contribution is 0.649. The molecule has 0 aliphatic rings. The molecule has 0 atom stereocenters. The van der Waals surface area contributed by atoms with Gasteiger partial charge in [-0.25, -0.2) is 4.68 Å². The van der Waals surface area contributed by atoms with Crippen LogP contribution in [0.3, 0.4) is 0 Å². The first-order chi connectivity index (χ1) is 13.6. The molecule has 3 aromatic rings. The average molecular weight is 411 g/mol. The fourth-order valence-electron chi connectivity index (χ4n) is 2.41. The van der Waals surface area contributed by atoms with Crippen molar-refractivity contribution in [2.75, 3.05) is 5.32 Å². The molecular formula is C20H19ClN6S. The Morgan fingerprint density at radius 2 is 2.04 bits per heavy atom.